The SMILES string of the molecule is O[C@@H]1[C@@H](O)[C@H](Oc2cc3ccccc3cc2S)OC[C@H]1O. The topological polar surface area (TPSA) is 79.2 Å². The molecule has 1 fully saturated rings. The number of thiol groups is 1. The lowest BCUT2D eigenvalue weighted by Crippen LogP contribution is -2.54. The van der Waals surface area contributed by atoms with Gasteiger partial charge in [0.05, 0.1) is 6.61 Å². The molecule has 2 aromatic carbocycles. The second-order valence-corrected chi connectivity index (χ2v) is 5.52. The highest BCUT2D eigenvalue weighted by molar-refractivity contribution is 7.80. The lowest BCUT2D eigenvalue weighted by molar-refractivity contribution is -0.242. The summed E-state index contributed by atoms with van der Waals surface area (Å²) in [5, 5.41) is 31.0. The third-order valence-corrected chi connectivity index (χ3v) is 3.87. The Morgan fingerprint density at radius 2 is 1.71 bits per heavy atom. The average Bonchev–Trinajstić information content (AvgIpc) is 2.48. The van der Waals surface area contributed by atoms with Crippen LogP contribution >= 0.6 is 12.6 Å². The molecule has 3 rings (SSSR count). The van der Waals surface area contributed by atoms with E-state index in [-0.39, 0.29) is 6.61 Å². The number of rotatable bonds is 2. The van der Waals surface area contributed by atoms with Gasteiger partial charge in [-0.15, -0.1) is 12.6 Å². The van der Waals surface area contributed by atoms with Gasteiger partial charge in [0.1, 0.15) is 24.1 Å². The largest absolute Gasteiger partial charge is 0.461 e. The number of hydrogen-bond acceptors (Lipinski definition) is 6. The third-order valence-electron chi connectivity index (χ3n) is 3.52. The van der Waals surface area contributed by atoms with Crippen LogP contribution in [0.25, 0.3) is 10.8 Å². The molecule has 0 amide bonds. The zero-order valence-electron chi connectivity index (χ0n) is 11.1. The van der Waals surface area contributed by atoms with Crippen LogP contribution in [0.15, 0.2) is 41.3 Å². The van der Waals surface area contributed by atoms with Crippen LogP contribution in [0.2, 0.25) is 0 Å². The Labute approximate surface area is 127 Å². The Bertz CT molecular complexity index is 647. The van der Waals surface area contributed by atoms with Gasteiger partial charge in [0.15, 0.2) is 0 Å². The van der Waals surface area contributed by atoms with Gasteiger partial charge in [0.2, 0.25) is 6.29 Å². The van der Waals surface area contributed by atoms with Crippen LogP contribution in [0.4, 0.5) is 0 Å². The first-order chi connectivity index (χ1) is 10.1. The molecule has 0 spiro atoms. The van der Waals surface area contributed by atoms with Crippen molar-refractivity contribution in [3.63, 3.8) is 0 Å². The maximum atomic E-state index is 9.89. The molecule has 1 heterocycles. The number of ether oxygens (including phenoxy) is 2. The molecule has 4 atom stereocenters. The van der Waals surface area contributed by atoms with Gasteiger partial charge in [-0.1, -0.05) is 24.3 Å². The van der Waals surface area contributed by atoms with Gasteiger partial charge in [-0.25, -0.2) is 0 Å². The molecule has 1 saturated heterocycles. The number of aliphatic hydroxyl groups excluding tert-OH is 3. The number of hydrogen-bond donors (Lipinski definition) is 4. The van der Waals surface area contributed by atoms with Crippen LogP contribution in [-0.4, -0.2) is 46.5 Å². The van der Waals surface area contributed by atoms with E-state index in [1.54, 1.807) is 6.07 Å². The fourth-order valence-electron chi connectivity index (χ4n) is 2.31. The molecule has 3 N–H and O–H groups in total. The second kappa shape index (κ2) is 5.82. The molecular formula is C15H16O5S. The summed E-state index contributed by atoms with van der Waals surface area (Å²) in [4.78, 5) is 0.602. The van der Waals surface area contributed by atoms with Crippen LogP contribution < -0.4 is 4.74 Å². The minimum atomic E-state index is -1.33. The summed E-state index contributed by atoms with van der Waals surface area (Å²) >= 11 is 4.37. The molecule has 1 aliphatic heterocycles. The predicted molar refractivity (Wildman–Crippen MR) is 79.6 cm³/mol. The van der Waals surface area contributed by atoms with Crippen molar-refractivity contribution in [1.29, 1.82) is 0 Å². The van der Waals surface area contributed by atoms with E-state index in [1.807, 2.05) is 30.3 Å². The maximum Gasteiger partial charge on any atom is 0.228 e. The fraction of sp³-hybridized carbons (Fsp3) is 0.333. The molecule has 0 aliphatic carbocycles. The molecule has 0 unspecified atom stereocenters. The molecule has 2 aromatic rings. The zero-order valence-corrected chi connectivity index (χ0v) is 12.0. The van der Waals surface area contributed by atoms with Crippen molar-refractivity contribution < 1.29 is 24.8 Å². The summed E-state index contributed by atoms with van der Waals surface area (Å²) < 4.78 is 10.8. The fourth-order valence-corrected chi connectivity index (χ4v) is 2.57. The molecule has 6 heteroatoms. The van der Waals surface area contributed by atoms with Crippen LogP contribution in [0.1, 0.15) is 0 Å². The standard InChI is InChI=1S/C15H16O5S/c16-10-7-19-15(14(18)13(10)17)20-11-5-8-3-1-2-4-9(8)6-12(11)21/h1-6,10,13-18,21H,7H2/t10-,13+,14-,15+/m1/s1. The van der Waals surface area contributed by atoms with E-state index < -0.39 is 24.6 Å². The van der Waals surface area contributed by atoms with Gasteiger partial charge in [-0.3, -0.25) is 0 Å². The Morgan fingerprint density at radius 3 is 2.43 bits per heavy atom. The highest BCUT2D eigenvalue weighted by Crippen LogP contribution is 2.31. The molecule has 112 valence electrons. The number of fused-ring (bicyclic) bond motifs is 1. The lowest BCUT2D eigenvalue weighted by atomic mass is 10.1. The summed E-state index contributed by atoms with van der Waals surface area (Å²) in [6.07, 6.45) is -4.79. The number of benzene rings is 2. The molecule has 0 saturated carbocycles. The normalized spacial score (nSPS) is 29.5. The van der Waals surface area contributed by atoms with Crippen molar-refractivity contribution in [3.8, 4) is 5.75 Å². The highest BCUT2D eigenvalue weighted by atomic mass is 32.1. The Hall–Kier alpha value is -1.31. The first-order valence-electron chi connectivity index (χ1n) is 6.60. The molecule has 21 heavy (non-hydrogen) atoms. The Kier molecular flexibility index (Phi) is 4.05. The van der Waals surface area contributed by atoms with Gasteiger partial charge < -0.3 is 24.8 Å². The van der Waals surface area contributed by atoms with E-state index in [4.69, 9.17) is 9.47 Å². The first-order valence-corrected chi connectivity index (χ1v) is 7.05. The molecule has 0 radical (unpaired) electrons. The van der Waals surface area contributed by atoms with Crippen LogP contribution in [0, 0.1) is 0 Å². The summed E-state index contributed by atoms with van der Waals surface area (Å²) in [6.45, 7) is -0.0988. The summed E-state index contributed by atoms with van der Waals surface area (Å²) in [5.74, 6) is 0.449. The molecule has 0 aromatic heterocycles. The van der Waals surface area contributed by atoms with Gasteiger partial charge in [-0.2, -0.15) is 0 Å². The minimum Gasteiger partial charge on any atom is -0.461 e. The monoisotopic (exact) mass is 308 g/mol. The highest BCUT2D eigenvalue weighted by Gasteiger charge is 2.39. The van der Waals surface area contributed by atoms with Gasteiger partial charge >= 0.3 is 0 Å². The smallest absolute Gasteiger partial charge is 0.228 e. The van der Waals surface area contributed by atoms with E-state index in [0.29, 0.717) is 10.6 Å². The number of aliphatic hydroxyl groups is 3. The molecule has 0 bridgehead atoms. The predicted octanol–water partition coefficient (Wildman–Crippen LogP) is 0.946. The minimum absolute atomic E-state index is 0.0988. The molecular weight excluding hydrogens is 292 g/mol. The van der Waals surface area contributed by atoms with Gasteiger partial charge in [0, 0.05) is 4.90 Å². The average molecular weight is 308 g/mol. The molecule has 5 nitrogen and oxygen atoms in total. The van der Waals surface area contributed by atoms with E-state index in [0.717, 1.165) is 10.8 Å². The van der Waals surface area contributed by atoms with Gasteiger partial charge in [0.25, 0.3) is 0 Å². The van der Waals surface area contributed by atoms with Crippen LogP contribution in [0.5, 0.6) is 5.75 Å². The van der Waals surface area contributed by atoms with E-state index in [1.165, 1.54) is 0 Å². The van der Waals surface area contributed by atoms with Crippen molar-refractivity contribution in [1.82, 2.24) is 0 Å². The molecule has 1 aliphatic rings. The van der Waals surface area contributed by atoms with Gasteiger partial charge in [-0.05, 0) is 22.9 Å². The first kappa shape index (κ1) is 14.6. The van der Waals surface area contributed by atoms with E-state index >= 15 is 0 Å². The Morgan fingerprint density at radius 1 is 1.05 bits per heavy atom. The maximum absolute atomic E-state index is 9.89. The van der Waals surface area contributed by atoms with Crippen molar-refractivity contribution >= 4 is 23.4 Å². The third kappa shape index (κ3) is 2.86. The van der Waals surface area contributed by atoms with E-state index in [9.17, 15) is 15.3 Å². The van der Waals surface area contributed by atoms with Crippen molar-refractivity contribution in [2.24, 2.45) is 0 Å². The zero-order chi connectivity index (χ0) is 15.0. The summed E-state index contributed by atoms with van der Waals surface area (Å²) in [5.41, 5.74) is 0. The summed E-state index contributed by atoms with van der Waals surface area (Å²) in [6, 6.07) is 11.4. The Balaban J connectivity index is 1.86. The van der Waals surface area contributed by atoms with Crippen LogP contribution in [-0.2, 0) is 4.74 Å². The van der Waals surface area contributed by atoms with E-state index in [2.05, 4.69) is 12.6 Å². The summed E-state index contributed by atoms with van der Waals surface area (Å²) in [7, 11) is 0. The lowest BCUT2D eigenvalue weighted by Gasteiger charge is -2.35. The second-order valence-electron chi connectivity index (χ2n) is 5.04. The quantitative estimate of drug-likeness (QED) is 0.621. The van der Waals surface area contributed by atoms with Crippen molar-refractivity contribution in [2.45, 2.75) is 29.5 Å². The van der Waals surface area contributed by atoms with Crippen molar-refractivity contribution in [3.05, 3.63) is 36.4 Å². The van der Waals surface area contributed by atoms with Crippen molar-refractivity contribution in [2.75, 3.05) is 6.61 Å². The van der Waals surface area contributed by atoms with Crippen LogP contribution in [0.3, 0.4) is 0 Å².